The van der Waals surface area contributed by atoms with Gasteiger partial charge in [-0.1, -0.05) is 29.8 Å². The normalized spacial score (nSPS) is 11.3. The molecular weight excluding hydrogens is 356 g/mol. The van der Waals surface area contributed by atoms with E-state index >= 15 is 0 Å². The molecule has 0 atom stereocenters. The Morgan fingerprint density at radius 1 is 0.621 bits per heavy atom. The van der Waals surface area contributed by atoms with Crippen molar-refractivity contribution in [2.75, 3.05) is 0 Å². The van der Waals surface area contributed by atoms with Crippen LogP contribution in [0.4, 0.5) is 0 Å². The van der Waals surface area contributed by atoms with Gasteiger partial charge < -0.3 is 10.2 Å². The average molecular weight is 389 g/mol. The second-order valence-electron chi connectivity index (χ2n) is 8.49. The maximum atomic E-state index is 10.3. The summed E-state index contributed by atoms with van der Waals surface area (Å²) in [4.78, 5) is 0. The molecule has 0 aromatic heterocycles. The molecule has 0 fully saturated rings. The lowest BCUT2D eigenvalue weighted by Gasteiger charge is -2.28. The van der Waals surface area contributed by atoms with Crippen LogP contribution < -0.4 is 0 Å². The Labute approximate surface area is 174 Å². The molecule has 152 valence electrons. The Balaban J connectivity index is 2.29. The third-order valence-corrected chi connectivity index (χ3v) is 6.51. The van der Waals surface area contributed by atoms with Crippen molar-refractivity contribution in [3.05, 3.63) is 92.0 Å². The molecule has 3 rings (SSSR count). The zero-order valence-corrected chi connectivity index (χ0v) is 18.6. The molecule has 0 saturated carbocycles. The first-order chi connectivity index (χ1) is 13.6. The molecule has 2 N–H and O–H groups in total. The second kappa shape index (κ2) is 7.94. The number of rotatable bonds is 4. The lowest BCUT2D eigenvalue weighted by Crippen LogP contribution is -2.13. The van der Waals surface area contributed by atoms with Crippen molar-refractivity contribution >= 4 is 0 Å². The lowest BCUT2D eigenvalue weighted by atomic mass is 9.76. The van der Waals surface area contributed by atoms with Crippen molar-refractivity contribution in [2.45, 2.75) is 60.8 Å². The van der Waals surface area contributed by atoms with Crippen molar-refractivity contribution in [1.29, 1.82) is 0 Å². The van der Waals surface area contributed by atoms with Crippen molar-refractivity contribution in [3.63, 3.8) is 0 Å². The van der Waals surface area contributed by atoms with Gasteiger partial charge in [0.15, 0.2) is 0 Å². The minimum atomic E-state index is 0.149. The first-order valence-electron chi connectivity index (χ1n) is 10.3. The van der Waals surface area contributed by atoms with E-state index in [-0.39, 0.29) is 5.92 Å². The molecule has 2 nitrogen and oxygen atoms in total. The number of aromatic hydroxyl groups is 2. The number of hydrogen-bond donors (Lipinski definition) is 2. The number of hydrogen-bond acceptors (Lipinski definition) is 2. The maximum Gasteiger partial charge on any atom is 0.119 e. The molecule has 0 heterocycles. The van der Waals surface area contributed by atoms with Crippen LogP contribution in [0.1, 0.15) is 61.6 Å². The minimum absolute atomic E-state index is 0.149. The van der Waals surface area contributed by atoms with Crippen LogP contribution in [0.3, 0.4) is 0 Å². The Morgan fingerprint density at radius 2 is 1.03 bits per heavy atom. The first-order valence-corrected chi connectivity index (χ1v) is 10.3. The summed E-state index contributed by atoms with van der Waals surface area (Å²) in [5, 5.41) is 20.7. The van der Waals surface area contributed by atoms with E-state index in [2.05, 4.69) is 58.9 Å². The van der Waals surface area contributed by atoms with Crippen molar-refractivity contribution < 1.29 is 10.2 Å². The monoisotopic (exact) mass is 388 g/mol. The summed E-state index contributed by atoms with van der Waals surface area (Å²) in [5.41, 5.74) is 11.5. The zero-order valence-electron chi connectivity index (χ0n) is 18.6. The predicted molar refractivity (Wildman–Crippen MR) is 121 cm³/mol. The van der Waals surface area contributed by atoms with E-state index in [9.17, 15) is 10.2 Å². The van der Waals surface area contributed by atoms with Crippen LogP contribution in [0, 0.1) is 48.5 Å². The molecule has 0 spiro atoms. The molecule has 29 heavy (non-hydrogen) atoms. The van der Waals surface area contributed by atoms with Gasteiger partial charge in [0.2, 0.25) is 0 Å². The van der Waals surface area contributed by atoms with Crippen LogP contribution in [0.25, 0.3) is 0 Å². The van der Waals surface area contributed by atoms with Gasteiger partial charge in [0.25, 0.3) is 0 Å². The van der Waals surface area contributed by atoms with Crippen LogP contribution in [-0.2, 0) is 6.42 Å². The molecule has 0 aliphatic carbocycles. The minimum Gasteiger partial charge on any atom is -0.508 e. The molecule has 0 radical (unpaired) electrons. The van der Waals surface area contributed by atoms with Gasteiger partial charge in [0.1, 0.15) is 11.5 Å². The van der Waals surface area contributed by atoms with Gasteiger partial charge in [-0.25, -0.2) is 0 Å². The van der Waals surface area contributed by atoms with Crippen LogP contribution in [-0.4, -0.2) is 10.2 Å². The highest BCUT2D eigenvalue weighted by molar-refractivity contribution is 5.57. The van der Waals surface area contributed by atoms with Crippen molar-refractivity contribution in [2.24, 2.45) is 0 Å². The third kappa shape index (κ3) is 3.89. The molecule has 2 heteroatoms. The van der Waals surface area contributed by atoms with Crippen LogP contribution in [0.5, 0.6) is 11.5 Å². The van der Waals surface area contributed by atoms with E-state index in [4.69, 9.17) is 0 Å². The van der Waals surface area contributed by atoms with Crippen LogP contribution >= 0.6 is 0 Å². The topological polar surface area (TPSA) is 40.5 Å². The average Bonchev–Trinajstić information content (AvgIpc) is 2.66. The number of aryl methyl sites for hydroxylation is 3. The highest BCUT2D eigenvalue weighted by Gasteiger charge is 2.25. The molecule has 0 bridgehead atoms. The zero-order chi connectivity index (χ0) is 21.5. The van der Waals surface area contributed by atoms with Gasteiger partial charge in [-0.15, -0.1) is 0 Å². The Hall–Kier alpha value is -2.74. The SMILES string of the molecule is Cc1ccc(CC(c2c(C)cc(O)c(C)c2C)c2c(C)cc(O)c(C)c2C)cc1. The molecule has 0 aliphatic heterocycles. The summed E-state index contributed by atoms with van der Waals surface area (Å²) >= 11 is 0. The fourth-order valence-corrected chi connectivity index (χ4v) is 4.54. The van der Waals surface area contributed by atoms with E-state index in [1.165, 1.54) is 22.3 Å². The van der Waals surface area contributed by atoms with Crippen molar-refractivity contribution in [1.82, 2.24) is 0 Å². The van der Waals surface area contributed by atoms with Crippen LogP contribution in [0.2, 0.25) is 0 Å². The van der Waals surface area contributed by atoms with Gasteiger partial charge >= 0.3 is 0 Å². The fourth-order valence-electron chi connectivity index (χ4n) is 4.54. The summed E-state index contributed by atoms with van der Waals surface area (Å²) in [6, 6.07) is 12.5. The Kier molecular flexibility index (Phi) is 5.75. The van der Waals surface area contributed by atoms with Gasteiger partial charge in [-0.2, -0.15) is 0 Å². The summed E-state index contributed by atoms with van der Waals surface area (Å²) in [6.45, 7) is 14.5. The molecule has 0 aliphatic rings. The molecular formula is C27H32O2. The fraction of sp³-hybridized carbons (Fsp3) is 0.333. The van der Waals surface area contributed by atoms with Gasteiger partial charge in [-0.05, 0) is 117 Å². The van der Waals surface area contributed by atoms with E-state index in [0.717, 1.165) is 39.8 Å². The van der Waals surface area contributed by atoms with Crippen molar-refractivity contribution in [3.8, 4) is 11.5 Å². The second-order valence-corrected chi connectivity index (χ2v) is 8.49. The van der Waals surface area contributed by atoms with E-state index in [0.29, 0.717) is 11.5 Å². The maximum absolute atomic E-state index is 10.3. The molecule has 3 aromatic carbocycles. The van der Waals surface area contributed by atoms with E-state index in [1.54, 1.807) is 0 Å². The first kappa shape index (κ1) is 21.0. The number of phenolic OH excluding ortho intramolecular Hbond substituents is 2. The quantitative estimate of drug-likeness (QED) is 0.526. The number of phenols is 2. The summed E-state index contributed by atoms with van der Waals surface area (Å²) in [7, 11) is 0. The smallest absolute Gasteiger partial charge is 0.119 e. The molecule has 0 unspecified atom stereocenters. The molecule has 0 saturated heterocycles. The summed E-state index contributed by atoms with van der Waals surface area (Å²) in [5.74, 6) is 0.859. The van der Waals surface area contributed by atoms with Gasteiger partial charge in [-0.3, -0.25) is 0 Å². The van der Waals surface area contributed by atoms with E-state index < -0.39 is 0 Å². The Morgan fingerprint density at radius 3 is 1.45 bits per heavy atom. The molecule has 0 amide bonds. The summed E-state index contributed by atoms with van der Waals surface area (Å²) in [6.07, 6.45) is 0.873. The lowest BCUT2D eigenvalue weighted by molar-refractivity contribution is 0.469. The third-order valence-electron chi connectivity index (χ3n) is 6.51. The predicted octanol–water partition coefficient (Wildman–Crippen LogP) is 6.63. The highest BCUT2D eigenvalue weighted by Crippen LogP contribution is 2.41. The largest absolute Gasteiger partial charge is 0.508 e. The summed E-state index contributed by atoms with van der Waals surface area (Å²) < 4.78 is 0. The van der Waals surface area contributed by atoms with Gasteiger partial charge in [0, 0.05) is 5.92 Å². The van der Waals surface area contributed by atoms with Gasteiger partial charge in [0.05, 0.1) is 0 Å². The number of benzene rings is 3. The van der Waals surface area contributed by atoms with Crippen LogP contribution in [0.15, 0.2) is 36.4 Å². The highest BCUT2D eigenvalue weighted by atomic mass is 16.3. The standard InChI is InChI=1S/C27H32O2/c1-15-8-10-22(11-9-15)14-23(26-16(2)12-24(28)18(4)20(26)6)27-17(3)13-25(29)19(5)21(27)7/h8-13,23,28-29H,14H2,1-7H3. The van der Waals surface area contributed by atoms with E-state index in [1.807, 2.05) is 26.0 Å². The Bertz CT molecular complexity index is 996. The molecule has 3 aromatic rings.